The number of hydrogen-bond acceptors (Lipinski definition) is 2. The highest BCUT2D eigenvalue weighted by molar-refractivity contribution is 7.99. The first-order chi connectivity index (χ1) is 6.91. The molecule has 1 aliphatic rings. The van der Waals surface area contributed by atoms with E-state index in [-0.39, 0.29) is 4.75 Å². The van der Waals surface area contributed by atoms with Crippen LogP contribution in [0.3, 0.4) is 0 Å². The third kappa shape index (κ3) is 4.45. The molecular weight excluding hydrogens is 226 g/mol. The van der Waals surface area contributed by atoms with Crippen LogP contribution in [0.5, 0.6) is 0 Å². The van der Waals surface area contributed by atoms with Crippen LogP contribution in [0, 0.1) is 5.92 Å². The predicted octanol–water partition coefficient (Wildman–Crippen LogP) is 2.57. The summed E-state index contributed by atoms with van der Waals surface area (Å²) in [6.45, 7) is 8.21. The summed E-state index contributed by atoms with van der Waals surface area (Å²) in [6, 6.07) is 0.381. The van der Waals surface area contributed by atoms with E-state index in [0.29, 0.717) is 12.0 Å². The largest absolute Gasteiger partial charge is 0.242 e. The van der Waals surface area contributed by atoms with E-state index in [1.807, 2.05) is 32.5 Å². The van der Waals surface area contributed by atoms with Crippen molar-refractivity contribution in [2.75, 3.05) is 11.5 Å². The van der Waals surface area contributed by atoms with Gasteiger partial charge in [0.25, 0.3) is 0 Å². The van der Waals surface area contributed by atoms with Crippen LogP contribution in [0.25, 0.3) is 0 Å². The van der Waals surface area contributed by atoms with Gasteiger partial charge in [-0.25, -0.2) is 8.93 Å². The van der Waals surface area contributed by atoms with Gasteiger partial charge in [0, 0.05) is 6.04 Å². The van der Waals surface area contributed by atoms with Crippen LogP contribution in [-0.2, 0) is 11.0 Å². The lowest BCUT2D eigenvalue weighted by Gasteiger charge is -2.30. The minimum absolute atomic E-state index is 0.155. The van der Waals surface area contributed by atoms with Crippen LogP contribution in [0.4, 0.5) is 0 Å². The summed E-state index contributed by atoms with van der Waals surface area (Å²) in [6.07, 6.45) is 2.53. The lowest BCUT2D eigenvalue weighted by molar-refractivity contribution is 0.393. The average Bonchev–Trinajstić information content (AvgIpc) is 2.17. The van der Waals surface area contributed by atoms with Crippen LogP contribution in [-0.4, -0.2) is 26.5 Å². The molecule has 0 bridgehead atoms. The lowest BCUT2D eigenvalue weighted by Crippen LogP contribution is -2.42. The molecule has 1 fully saturated rings. The Hall–Kier alpha value is 0.460. The van der Waals surface area contributed by atoms with E-state index in [4.69, 9.17) is 0 Å². The number of nitrogens with one attached hydrogen (secondary N) is 1. The zero-order valence-corrected chi connectivity index (χ0v) is 11.8. The topological polar surface area (TPSA) is 29.1 Å². The lowest BCUT2D eigenvalue weighted by atomic mass is 9.96. The van der Waals surface area contributed by atoms with Crippen LogP contribution < -0.4 is 4.72 Å². The molecule has 90 valence electrons. The molecule has 1 aliphatic heterocycles. The van der Waals surface area contributed by atoms with E-state index in [1.54, 1.807) is 0 Å². The fourth-order valence-corrected chi connectivity index (χ4v) is 3.68. The summed E-state index contributed by atoms with van der Waals surface area (Å²) in [4.78, 5) is 0. The Balaban J connectivity index is 2.40. The summed E-state index contributed by atoms with van der Waals surface area (Å²) in [5.41, 5.74) is 0. The van der Waals surface area contributed by atoms with E-state index in [2.05, 4.69) is 11.6 Å². The van der Waals surface area contributed by atoms with Crippen LogP contribution in [0.15, 0.2) is 0 Å². The van der Waals surface area contributed by atoms with Crippen molar-refractivity contribution in [2.24, 2.45) is 5.92 Å². The molecule has 1 rings (SSSR count). The highest BCUT2D eigenvalue weighted by atomic mass is 32.2. The van der Waals surface area contributed by atoms with Crippen molar-refractivity contribution in [3.63, 3.8) is 0 Å². The minimum Gasteiger partial charge on any atom is -0.242 e. The third-order valence-corrected chi connectivity index (χ3v) is 5.57. The minimum atomic E-state index is -0.926. The van der Waals surface area contributed by atoms with Crippen molar-refractivity contribution < 1.29 is 4.21 Å². The molecule has 1 saturated heterocycles. The molecule has 15 heavy (non-hydrogen) atoms. The van der Waals surface area contributed by atoms with E-state index in [0.717, 1.165) is 0 Å². The molecule has 0 aliphatic carbocycles. The maximum Gasteiger partial charge on any atom is 0.0972 e. The Labute approximate surface area is 101 Å². The number of hydrogen-bond donors (Lipinski definition) is 1. The summed E-state index contributed by atoms with van der Waals surface area (Å²) in [5.74, 6) is 3.23. The second-order valence-corrected chi connectivity index (χ2v) is 8.46. The second-order valence-electron chi connectivity index (χ2n) is 5.24. The van der Waals surface area contributed by atoms with Gasteiger partial charge in [-0.1, -0.05) is 0 Å². The molecule has 0 radical (unpaired) electrons. The first kappa shape index (κ1) is 13.5. The zero-order chi connectivity index (χ0) is 11.5. The van der Waals surface area contributed by atoms with E-state index < -0.39 is 11.0 Å². The van der Waals surface area contributed by atoms with Gasteiger partial charge in [0.15, 0.2) is 0 Å². The van der Waals surface area contributed by atoms with Crippen molar-refractivity contribution >= 4 is 22.7 Å². The molecule has 0 aromatic rings. The Morgan fingerprint density at radius 1 is 1.33 bits per heavy atom. The molecule has 2 atom stereocenters. The third-order valence-electron chi connectivity index (χ3n) is 2.82. The molecule has 1 N–H and O–H groups in total. The first-order valence-electron chi connectivity index (χ1n) is 5.67. The van der Waals surface area contributed by atoms with Gasteiger partial charge in [0.05, 0.1) is 15.7 Å². The summed E-state index contributed by atoms with van der Waals surface area (Å²) >= 11 is 2.04. The molecule has 0 aromatic heterocycles. The second kappa shape index (κ2) is 5.69. The monoisotopic (exact) mass is 249 g/mol. The van der Waals surface area contributed by atoms with Crippen molar-refractivity contribution in [2.45, 2.75) is 51.3 Å². The maximum atomic E-state index is 11.9. The van der Waals surface area contributed by atoms with Gasteiger partial charge in [-0.3, -0.25) is 0 Å². The van der Waals surface area contributed by atoms with Crippen molar-refractivity contribution in [1.29, 1.82) is 0 Å². The molecule has 4 heteroatoms. The average molecular weight is 249 g/mol. The fraction of sp³-hybridized carbons (Fsp3) is 1.00. The Morgan fingerprint density at radius 2 is 1.87 bits per heavy atom. The Morgan fingerprint density at radius 3 is 2.33 bits per heavy atom. The zero-order valence-electron chi connectivity index (χ0n) is 10.2. The van der Waals surface area contributed by atoms with Crippen molar-refractivity contribution in [3.8, 4) is 0 Å². The summed E-state index contributed by atoms with van der Waals surface area (Å²) in [7, 11) is -0.926. The van der Waals surface area contributed by atoms with Gasteiger partial charge >= 0.3 is 0 Å². The van der Waals surface area contributed by atoms with Gasteiger partial charge in [0.2, 0.25) is 0 Å². The van der Waals surface area contributed by atoms with Gasteiger partial charge in [-0.15, -0.1) is 0 Å². The molecule has 0 spiro atoms. The highest BCUT2D eigenvalue weighted by Gasteiger charge is 2.26. The molecule has 0 saturated carbocycles. The summed E-state index contributed by atoms with van der Waals surface area (Å²) < 4.78 is 15.0. The number of thioether (sulfide) groups is 1. The van der Waals surface area contributed by atoms with E-state index in [1.165, 1.54) is 24.3 Å². The predicted molar refractivity (Wildman–Crippen MR) is 70.5 cm³/mol. The van der Waals surface area contributed by atoms with Gasteiger partial charge < -0.3 is 0 Å². The van der Waals surface area contributed by atoms with E-state index >= 15 is 0 Å². The maximum absolute atomic E-state index is 11.9. The van der Waals surface area contributed by atoms with Crippen LogP contribution in [0.1, 0.15) is 40.5 Å². The molecule has 0 aromatic carbocycles. The van der Waals surface area contributed by atoms with Gasteiger partial charge in [0.1, 0.15) is 0 Å². The molecule has 1 unspecified atom stereocenters. The molecule has 2 nitrogen and oxygen atoms in total. The normalized spacial score (nSPS) is 23.7. The highest BCUT2D eigenvalue weighted by Crippen LogP contribution is 2.26. The Bertz CT molecular complexity index is 219. The number of rotatable bonds is 3. The quantitative estimate of drug-likeness (QED) is 0.833. The van der Waals surface area contributed by atoms with Crippen molar-refractivity contribution in [1.82, 2.24) is 4.72 Å². The standard InChI is InChI=1S/C11H23NOS2/c1-9(10-5-7-14-8-6-10)12-15(13)11(2,3)4/h9-10,12H,5-8H2,1-4H3/t9?,15-/m1/s1. The van der Waals surface area contributed by atoms with Crippen LogP contribution >= 0.6 is 11.8 Å². The SMILES string of the molecule is CC(N[S@](=O)C(C)(C)C)C1CCSCC1. The van der Waals surface area contributed by atoms with Gasteiger partial charge in [-0.05, 0) is 58.0 Å². The molecule has 0 amide bonds. The Kier molecular flexibility index (Phi) is 5.13. The smallest absolute Gasteiger partial charge is 0.0972 e. The van der Waals surface area contributed by atoms with Crippen molar-refractivity contribution in [3.05, 3.63) is 0 Å². The molecule has 1 heterocycles. The summed E-state index contributed by atoms with van der Waals surface area (Å²) in [5, 5.41) is 0. The van der Waals surface area contributed by atoms with E-state index in [9.17, 15) is 4.21 Å². The van der Waals surface area contributed by atoms with Gasteiger partial charge in [-0.2, -0.15) is 11.8 Å². The fourth-order valence-electron chi connectivity index (χ4n) is 1.66. The van der Waals surface area contributed by atoms with Crippen LogP contribution in [0.2, 0.25) is 0 Å². The first-order valence-corrected chi connectivity index (χ1v) is 7.97. The molecular formula is C11H23NOS2.